The fourth-order valence-corrected chi connectivity index (χ4v) is 2.80. The summed E-state index contributed by atoms with van der Waals surface area (Å²) in [5.74, 6) is -0.469. The number of amides is 1. The molecule has 30 heavy (non-hydrogen) atoms. The molecule has 0 spiro atoms. The third kappa shape index (κ3) is 5.57. The summed E-state index contributed by atoms with van der Waals surface area (Å²) < 4.78 is 38.5. The summed E-state index contributed by atoms with van der Waals surface area (Å²) in [5.41, 5.74) is 6.37. The lowest BCUT2D eigenvalue weighted by Gasteiger charge is -2.10. The highest BCUT2D eigenvalue weighted by molar-refractivity contribution is 6.31. The van der Waals surface area contributed by atoms with Crippen LogP contribution in [-0.2, 0) is 12.6 Å². The average Bonchev–Trinajstić information content (AvgIpc) is 2.71. The van der Waals surface area contributed by atoms with Gasteiger partial charge in [-0.25, -0.2) is 9.97 Å². The number of benzene rings is 2. The fourth-order valence-electron chi connectivity index (χ4n) is 2.60. The van der Waals surface area contributed by atoms with E-state index in [9.17, 15) is 18.0 Å². The predicted octanol–water partition coefficient (Wildman–Crippen LogP) is 5.24. The van der Waals surface area contributed by atoms with Gasteiger partial charge in [0.1, 0.15) is 0 Å². The van der Waals surface area contributed by atoms with Crippen molar-refractivity contribution in [3.8, 4) is 0 Å². The Morgan fingerprint density at radius 2 is 1.87 bits per heavy atom. The highest BCUT2D eigenvalue weighted by atomic mass is 35.5. The Kier molecular flexibility index (Phi) is 6.37. The number of allylic oxidation sites excluding steroid dienone is 1. The van der Waals surface area contributed by atoms with Crippen LogP contribution in [0.4, 0.5) is 24.8 Å². The molecule has 0 saturated carbocycles. The van der Waals surface area contributed by atoms with Crippen molar-refractivity contribution in [2.24, 2.45) is 0 Å². The maximum absolute atomic E-state index is 12.8. The van der Waals surface area contributed by atoms with Crippen LogP contribution in [0.3, 0.4) is 0 Å². The van der Waals surface area contributed by atoms with Crippen molar-refractivity contribution in [1.29, 1.82) is 0 Å². The molecule has 2 aromatic carbocycles. The van der Waals surface area contributed by atoms with Crippen LogP contribution >= 0.6 is 11.6 Å². The number of nitrogens with one attached hydrogen (secondary N) is 1. The Balaban J connectivity index is 1.72. The van der Waals surface area contributed by atoms with E-state index in [1.165, 1.54) is 12.1 Å². The number of nitrogen functional groups attached to an aromatic ring is 1. The summed E-state index contributed by atoms with van der Waals surface area (Å²) in [5, 5.41) is 3.09. The predicted molar refractivity (Wildman–Crippen MR) is 110 cm³/mol. The molecule has 0 aliphatic rings. The zero-order valence-electron chi connectivity index (χ0n) is 15.4. The standard InChI is InChI=1S/C21H16ClF3N4O/c22-18-8-7-17(10-14(18)4-1-3-13-11-27-20(26)28-12-13)29-19(30)15-5-2-6-16(9-15)21(23,24)25/h1-3,5-12H,4H2,(H,29,30)(H2,26,27,28). The number of aromatic nitrogens is 2. The van der Waals surface area contributed by atoms with E-state index in [4.69, 9.17) is 17.3 Å². The van der Waals surface area contributed by atoms with E-state index in [0.717, 1.165) is 23.3 Å². The Hall–Kier alpha value is -3.39. The number of hydrogen-bond acceptors (Lipinski definition) is 4. The Labute approximate surface area is 175 Å². The number of anilines is 2. The van der Waals surface area contributed by atoms with Gasteiger partial charge in [-0.2, -0.15) is 13.2 Å². The number of carbonyl (C=O) groups is 1. The first kappa shape index (κ1) is 21.3. The minimum atomic E-state index is -4.52. The zero-order valence-corrected chi connectivity index (χ0v) is 16.2. The molecule has 5 nitrogen and oxygen atoms in total. The SMILES string of the molecule is Nc1ncc(C=CCc2cc(NC(=O)c3cccc(C(F)(F)F)c3)ccc2Cl)cn1. The third-order valence-corrected chi connectivity index (χ3v) is 4.46. The van der Waals surface area contributed by atoms with Crippen LogP contribution in [0, 0.1) is 0 Å². The van der Waals surface area contributed by atoms with E-state index in [1.807, 2.05) is 6.08 Å². The summed E-state index contributed by atoms with van der Waals surface area (Å²) in [6.45, 7) is 0. The van der Waals surface area contributed by atoms with Crippen molar-refractivity contribution in [1.82, 2.24) is 9.97 Å². The molecule has 0 fully saturated rings. The van der Waals surface area contributed by atoms with Gasteiger partial charge in [0.25, 0.3) is 5.91 Å². The lowest BCUT2D eigenvalue weighted by molar-refractivity contribution is -0.137. The second-order valence-electron chi connectivity index (χ2n) is 6.32. The van der Waals surface area contributed by atoms with Crippen molar-refractivity contribution < 1.29 is 18.0 Å². The normalized spacial score (nSPS) is 11.6. The van der Waals surface area contributed by atoms with E-state index in [0.29, 0.717) is 17.1 Å². The van der Waals surface area contributed by atoms with E-state index in [1.54, 1.807) is 36.7 Å². The number of nitrogens with two attached hydrogens (primary N) is 1. The van der Waals surface area contributed by atoms with Gasteiger partial charge in [-0.05, 0) is 48.4 Å². The minimum absolute atomic E-state index is 0.0930. The topological polar surface area (TPSA) is 80.9 Å². The summed E-state index contributed by atoms with van der Waals surface area (Å²) in [6.07, 6.45) is 2.72. The van der Waals surface area contributed by atoms with Gasteiger partial charge >= 0.3 is 6.18 Å². The first-order valence-electron chi connectivity index (χ1n) is 8.73. The summed E-state index contributed by atoms with van der Waals surface area (Å²) in [6, 6.07) is 9.08. The molecule has 0 radical (unpaired) electrons. The van der Waals surface area contributed by atoms with Gasteiger partial charge in [-0.15, -0.1) is 0 Å². The molecular weight excluding hydrogens is 417 g/mol. The van der Waals surface area contributed by atoms with Gasteiger partial charge in [0.15, 0.2) is 0 Å². The highest BCUT2D eigenvalue weighted by Crippen LogP contribution is 2.30. The first-order chi connectivity index (χ1) is 14.2. The number of alkyl halides is 3. The van der Waals surface area contributed by atoms with Crippen molar-refractivity contribution in [2.75, 3.05) is 11.1 Å². The van der Waals surface area contributed by atoms with Crippen LogP contribution in [0.1, 0.15) is 27.0 Å². The van der Waals surface area contributed by atoms with Gasteiger partial charge in [0.2, 0.25) is 5.95 Å². The van der Waals surface area contributed by atoms with Crippen molar-refractivity contribution >= 4 is 35.2 Å². The molecule has 1 amide bonds. The molecule has 0 aliphatic heterocycles. The number of carbonyl (C=O) groups excluding carboxylic acids is 1. The van der Waals surface area contributed by atoms with Crippen molar-refractivity contribution in [2.45, 2.75) is 12.6 Å². The quantitative estimate of drug-likeness (QED) is 0.577. The molecule has 3 N–H and O–H groups in total. The van der Waals surface area contributed by atoms with Crippen LogP contribution < -0.4 is 11.1 Å². The van der Waals surface area contributed by atoms with E-state index < -0.39 is 17.6 Å². The molecule has 0 aliphatic carbocycles. The molecule has 0 unspecified atom stereocenters. The minimum Gasteiger partial charge on any atom is -0.368 e. The van der Waals surface area contributed by atoms with Crippen LogP contribution in [0.2, 0.25) is 5.02 Å². The number of hydrogen-bond donors (Lipinski definition) is 2. The summed E-state index contributed by atoms with van der Waals surface area (Å²) in [4.78, 5) is 20.1. The molecule has 3 aromatic rings. The third-order valence-electron chi connectivity index (χ3n) is 4.10. The van der Waals surface area contributed by atoms with E-state index in [-0.39, 0.29) is 11.5 Å². The second-order valence-corrected chi connectivity index (χ2v) is 6.73. The van der Waals surface area contributed by atoms with Gasteiger partial charge in [0, 0.05) is 34.2 Å². The van der Waals surface area contributed by atoms with Crippen LogP contribution in [0.15, 0.2) is 60.9 Å². The maximum Gasteiger partial charge on any atom is 0.416 e. The molecular formula is C21H16ClF3N4O. The van der Waals surface area contributed by atoms with Crippen LogP contribution in [0.5, 0.6) is 0 Å². The maximum atomic E-state index is 12.8. The molecule has 1 aromatic heterocycles. The van der Waals surface area contributed by atoms with Gasteiger partial charge < -0.3 is 11.1 Å². The monoisotopic (exact) mass is 432 g/mol. The molecule has 1 heterocycles. The largest absolute Gasteiger partial charge is 0.416 e. The molecule has 0 atom stereocenters. The van der Waals surface area contributed by atoms with E-state index >= 15 is 0 Å². The Morgan fingerprint density at radius 1 is 1.13 bits per heavy atom. The lowest BCUT2D eigenvalue weighted by atomic mass is 10.1. The molecule has 3 rings (SSSR count). The molecule has 9 heteroatoms. The number of halogens is 4. The lowest BCUT2D eigenvalue weighted by Crippen LogP contribution is -2.14. The number of rotatable bonds is 5. The van der Waals surface area contributed by atoms with Gasteiger partial charge in [0.05, 0.1) is 5.56 Å². The van der Waals surface area contributed by atoms with E-state index in [2.05, 4.69) is 15.3 Å². The first-order valence-corrected chi connectivity index (χ1v) is 9.11. The summed E-state index contributed by atoms with van der Waals surface area (Å²) in [7, 11) is 0. The second kappa shape index (κ2) is 8.96. The average molecular weight is 433 g/mol. The van der Waals surface area contributed by atoms with Crippen molar-refractivity contribution in [3.63, 3.8) is 0 Å². The molecule has 0 bridgehead atoms. The smallest absolute Gasteiger partial charge is 0.368 e. The number of nitrogens with zero attached hydrogens (tertiary/aromatic N) is 2. The van der Waals surface area contributed by atoms with Crippen LogP contribution in [-0.4, -0.2) is 15.9 Å². The van der Waals surface area contributed by atoms with Gasteiger partial charge in [-0.3, -0.25) is 4.79 Å². The Bertz CT molecular complexity index is 1080. The summed E-state index contributed by atoms with van der Waals surface area (Å²) >= 11 is 6.21. The Morgan fingerprint density at radius 3 is 2.57 bits per heavy atom. The fraction of sp³-hybridized carbons (Fsp3) is 0.0952. The molecule has 154 valence electrons. The zero-order chi connectivity index (χ0) is 21.7. The highest BCUT2D eigenvalue weighted by Gasteiger charge is 2.30. The van der Waals surface area contributed by atoms with Crippen molar-refractivity contribution in [3.05, 3.63) is 88.2 Å². The van der Waals surface area contributed by atoms with Gasteiger partial charge in [-0.1, -0.05) is 29.8 Å². The van der Waals surface area contributed by atoms with Crippen LogP contribution in [0.25, 0.3) is 6.08 Å². The molecule has 0 saturated heterocycles.